The lowest BCUT2D eigenvalue weighted by Crippen LogP contribution is -2.08. The molecule has 6 heteroatoms. The second-order valence-corrected chi connectivity index (χ2v) is 6.06. The van der Waals surface area contributed by atoms with E-state index in [1.807, 2.05) is 12.1 Å². The molecule has 0 radical (unpaired) electrons. The molecule has 0 aliphatic carbocycles. The van der Waals surface area contributed by atoms with Crippen LogP contribution in [0.25, 0.3) is 0 Å². The van der Waals surface area contributed by atoms with Gasteiger partial charge in [0.15, 0.2) is 0 Å². The predicted octanol–water partition coefficient (Wildman–Crippen LogP) is 4.87. The lowest BCUT2D eigenvalue weighted by molar-refractivity contribution is 0.209. The van der Waals surface area contributed by atoms with E-state index in [-0.39, 0.29) is 0 Å². The first-order valence-electron chi connectivity index (χ1n) is 6.25. The van der Waals surface area contributed by atoms with Gasteiger partial charge in [0, 0.05) is 21.6 Å². The third kappa shape index (κ3) is 4.68. The zero-order valence-corrected chi connectivity index (χ0v) is 13.8. The molecule has 0 aliphatic rings. The number of carbonyl (C=O) groups is 1. The lowest BCUT2D eigenvalue weighted by atomic mass is 10.2. The van der Waals surface area contributed by atoms with Gasteiger partial charge in [0.1, 0.15) is 0 Å². The van der Waals surface area contributed by atoms with Gasteiger partial charge in [-0.15, -0.1) is 11.8 Å². The number of rotatable bonds is 5. The Morgan fingerprint density at radius 1 is 1.24 bits per heavy atom. The summed E-state index contributed by atoms with van der Waals surface area (Å²) in [5.74, 6) is 0. The Morgan fingerprint density at radius 3 is 2.52 bits per heavy atom. The molecule has 0 aliphatic heterocycles. The molecule has 110 valence electrons. The van der Waals surface area contributed by atoms with Crippen LogP contribution in [0.3, 0.4) is 0 Å². The molecule has 3 N–H and O–H groups in total. The summed E-state index contributed by atoms with van der Waals surface area (Å²) >= 11 is 5.07. The Balaban J connectivity index is 1.99. The van der Waals surface area contributed by atoms with Crippen molar-refractivity contribution in [3.05, 3.63) is 52.5 Å². The highest BCUT2D eigenvalue weighted by molar-refractivity contribution is 9.10. The molecule has 0 heterocycles. The van der Waals surface area contributed by atoms with Crippen molar-refractivity contribution >= 4 is 45.2 Å². The molecule has 0 aromatic heterocycles. The molecule has 4 nitrogen and oxygen atoms in total. The maximum Gasteiger partial charge on any atom is 0.409 e. The van der Waals surface area contributed by atoms with Crippen molar-refractivity contribution in [2.75, 3.05) is 16.9 Å². The smallest absolute Gasteiger partial charge is 0.409 e. The Bertz CT molecular complexity index is 632. The van der Waals surface area contributed by atoms with E-state index in [2.05, 4.69) is 57.1 Å². The largest absolute Gasteiger partial charge is 0.465 e. The normalized spacial score (nSPS) is 10.2. The molecule has 2 aromatic rings. The monoisotopic (exact) mass is 366 g/mol. The van der Waals surface area contributed by atoms with Crippen LogP contribution < -0.4 is 10.6 Å². The van der Waals surface area contributed by atoms with E-state index in [4.69, 9.17) is 5.11 Å². The summed E-state index contributed by atoms with van der Waals surface area (Å²) in [7, 11) is 0. The first-order chi connectivity index (χ1) is 10.1. The molecule has 2 aromatic carbocycles. The van der Waals surface area contributed by atoms with Crippen LogP contribution in [0.5, 0.6) is 0 Å². The molecule has 1 amide bonds. The molecule has 0 atom stereocenters. The first-order valence-corrected chi connectivity index (χ1v) is 8.26. The Hall–Kier alpha value is -1.66. The van der Waals surface area contributed by atoms with E-state index in [0.717, 1.165) is 5.69 Å². The minimum atomic E-state index is -1.08. The summed E-state index contributed by atoms with van der Waals surface area (Å²) in [6, 6.07) is 13.8. The van der Waals surface area contributed by atoms with Crippen LogP contribution in [0.2, 0.25) is 0 Å². The van der Waals surface area contributed by atoms with E-state index in [1.165, 1.54) is 10.5 Å². The Morgan fingerprint density at radius 2 is 1.95 bits per heavy atom. The van der Waals surface area contributed by atoms with Crippen LogP contribution in [-0.2, 0) is 6.54 Å². The third-order valence-electron chi connectivity index (χ3n) is 2.87. The Kier molecular flexibility index (Phi) is 5.52. The first kappa shape index (κ1) is 15.7. The van der Waals surface area contributed by atoms with Crippen molar-refractivity contribution in [3.63, 3.8) is 0 Å². The highest BCUT2D eigenvalue weighted by atomic mass is 79.9. The molecule has 2 rings (SSSR count). The van der Waals surface area contributed by atoms with E-state index < -0.39 is 6.09 Å². The van der Waals surface area contributed by atoms with Crippen LogP contribution >= 0.6 is 27.7 Å². The molecular weight excluding hydrogens is 352 g/mol. The maximum atomic E-state index is 10.6. The number of hydrogen-bond donors (Lipinski definition) is 3. The average molecular weight is 367 g/mol. The number of amides is 1. The van der Waals surface area contributed by atoms with Gasteiger partial charge in [-0.05, 0) is 58.1 Å². The number of carboxylic acid groups (broad SMARTS) is 1. The van der Waals surface area contributed by atoms with Gasteiger partial charge in [-0.1, -0.05) is 12.1 Å². The van der Waals surface area contributed by atoms with Crippen molar-refractivity contribution in [2.45, 2.75) is 11.4 Å². The van der Waals surface area contributed by atoms with Gasteiger partial charge in [-0.25, -0.2) is 4.79 Å². The predicted molar refractivity (Wildman–Crippen MR) is 91.3 cm³/mol. The fourth-order valence-corrected chi connectivity index (χ4v) is 2.68. The van der Waals surface area contributed by atoms with Crippen molar-refractivity contribution in [2.24, 2.45) is 0 Å². The average Bonchev–Trinajstić information content (AvgIpc) is 2.48. The van der Waals surface area contributed by atoms with Crippen molar-refractivity contribution in [3.8, 4) is 0 Å². The number of halogens is 1. The van der Waals surface area contributed by atoms with Crippen LogP contribution in [0.1, 0.15) is 5.56 Å². The summed E-state index contributed by atoms with van der Waals surface area (Å²) in [6.07, 6.45) is 0.975. The summed E-state index contributed by atoms with van der Waals surface area (Å²) in [5.41, 5.74) is 2.64. The van der Waals surface area contributed by atoms with Crippen LogP contribution in [0.4, 0.5) is 16.2 Å². The molecule has 0 fully saturated rings. The molecule has 0 saturated carbocycles. The van der Waals surface area contributed by atoms with Gasteiger partial charge >= 0.3 is 6.09 Å². The van der Waals surface area contributed by atoms with Crippen molar-refractivity contribution in [1.29, 1.82) is 0 Å². The van der Waals surface area contributed by atoms with Crippen molar-refractivity contribution < 1.29 is 9.90 Å². The third-order valence-corrected chi connectivity index (χ3v) is 4.27. The quantitative estimate of drug-likeness (QED) is 0.660. The minimum Gasteiger partial charge on any atom is -0.465 e. The van der Waals surface area contributed by atoms with Gasteiger partial charge in [-0.2, -0.15) is 0 Å². The zero-order chi connectivity index (χ0) is 15.2. The number of nitrogens with one attached hydrogen (secondary N) is 2. The van der Waals surface area contributed by atoms with Gasteiger partial charge in [0.25, 0.3) is 0 Å². The van der Waals surface area contributed by atoms with Gasteiger partial charge in [-0.3, -0.25) is 5.32 Å². The second-order valence-electron chi connectivity index (χ2n) is 4.33. The maximum absolute atomic E-state index is 10.6. The Labute approximate surface area is 136 Å². The molecule has 0 saturated heterocycles. The summed E-state index contributed by atoms with van der Waals surface area (Å²) in [4.78, 5) is 11.9. The standard InChI is InChI=1S/C15H15BrN2O2S/c1-21-12-5-2-10(3-6-12)9-17-11-4-7-14(13(16)8-11)18-15(19)20/h2-8,17-18H,9H2,1H3,(H,19,20). The second kappa shape index (κ2) is 7.38. The zero-order valence-electron chi connectivity index (χ0n) is 11.4. The van der Waals surface area contributed by atoms with Crippen LogP contribution in [-0.4, -0.2) is 17.5 Å². The topological polar surface area (TPSA) is 61.4 Å². The number of thioether (sulfide) groups is 1. The fourth-order valence-electron chi connectivity index (χ4n) is 1.79. The van der Waals surface area contributed by atoms with Gasteiger partial charge < -0.3 is 10.4 Å². The molecule has 21 heavy (non-hydrogen) atoms. The summed E-state index contributed by atoms with van der Waals surface area (Å²) in [5, 5.41) is 14.3. The van der Waals surface area contributed by atoms with Crippen LogP contribution in [0.15, 0.2) is 51.8 Å². The van der Waals surface area contributed by atoms with E-state index in [9.17, 15) is 4.79 Å². The number of hydrogen-bond acceptors (Lipinski definition) is 3. The van der Waals surface area contributed by atoms with E-state index in [0.29, 0.717) is 16.7 Å². The summed E-state index contributed by atoms with van der Waals surface area (Å²) < 4.78 is 0.702. The van der Waals surface area contributed by atoms with Crippen molar-refractivity contribution in [1.82, 2.24) is 0 Å². The number of benzene rings is 2. The summed E-state index contributed by atoms with van der Waals surface area (Å²) in [6.45, 7) is 0.715. The van der Waals surface area contributed by atoms with Gasteiger partial charge in [0.05, 0.1) is 5.69 Å². The molecule has 0 spiro atoms. The van der Waals surface area contributed by atoms with E-state index >= 15 is 0 Å². The lowest BCUT2D eigenvalue weighted by Gasteiger charge is -2.10. The molecular formula is C15H15BrN2O2S. The number of anilines is 2. The SMILES string of the molecule is CSc1ccc(CNc2ccc(NC(=O)O)c(Br)c2)cc1. The fraction of sp³-hybridized carbons (Fsp3) is 0.133. The molecule has 0 bridgehead atoms. The highest BCUT2D eigenvalue weighted by Crippen LogP contribution is 2.26. The molecule has 0 unspecified atom stereocenters. The van der Waals surface area contributed by atoms with Gasteiger partial charge in [0.2, 0.25) is 0 Å². The van der Waals surface area contributed by atoms with Crippen LogP contribution in [0, 0.1) is 0 Å². The van der Waals surface area contributed by atoms with E-state index in [1.54, 1.807) is 17.8 Å². The highest BCUT2D eigenvalue weighted by Gasteiger charge is 2.04. The minimum absolute atomic E-state index is 0.525.